The van der Waals surface area contributed by atoms with Crippen LogP contribution in [0.3, 0.4) is 0 Å². The number of hydrogen-bond acceptors (Lipinski definition) is 1. The molecular formula is C22H28O. The monoisotopic (exact) mass is 308 g/mol. The van der Waals surface area contributed by atoms with Crippen molar-refractivity contribution < 1.29 is 4.42 Å². The molecule has 4 aliphatic rings. The minimum absolute atomic E-state index is 0.0858. The van der Waals surface area contributed by atoms with Crippen LogP contribution in [0.5, 0.6) is 0 Å². The second-order valence-electron chi connectivity index (χ2n) is 8.71. The molecule has 5 atom stereocenters. The first-order valence-corrected chi connectivity index (χ1v) is 9.68. The lowest BCUT2D eigenvalue weighted by atomic mass is 9.46. The summed E-state index contributed by atoms with van der Waals surface area (Å²) in [6.45, 7) is 2.64. The van der Waals surface area contributed by atoms with Gasteiger partial charge in [-0.25, -0.2) is 0 Å². The summed E-state index contributed by atoms with van der Waals surface area (Å²) in [5.41, 5.74) is 2.36. The molecule has 1 aromatic rings. The van der Waals surface area contributed by atoms with E-state index >= 15 is 0 Å². The third-order valence-corrected chi connectivity index (χ3v) is 7.99. The molecule has 23 heavy (non-hydrogen) atoms. The third-order valence-electron chi connectivity index (χ3n) is 7.99. The van der Waals surface area contributed by atoms with E-state index in [0.29, 0.717) is 5.41 Å². The van der Waals surface area contributed by atoms with Crippen molar-refractivity contribution in [3.63, 3.8) is 0 Å². The average Bonchev–Trinajstić information content (AvgIpc) is 3.23. The summed E-state index contributed by atoms with van der Waals surface area (Å²) >= 11 is 0. The molecule has 0 spiro atoms. The summed E-state index contributed by atoms with van der Waals surface area (Å²) in [6, 6.07) is 4.25. The lowest BCUT2D eigenvalue weighted by Gasteiger charge is -2.58. The second-order valence-corrected chi connectivity index (χ2v) is 8.71. The summed E-state index contributed by atoms with van der Waals surface area (Å²) in [5.74, 6) is 3.84. The Hall–Kier alpha value is -1.24. The van der Waals surface area contributed by atoms with E-state index in [2.05, 4.69) is 37.3 Å². The second kappa shape index (κ2) is 4.88. The highest BCUT2D eigenvalue weighted by atomic mass is 16.3. The number of fused-ring (bicyclic) bond motifs is 5. The molecule has 0 saturated heterocycles. The molecule has 0 aliphatic heterocycles. The van der Waals surface area contributed by atoms with Crippen molar-refractivity contribution in [3.05, 3.63) is 48.0 Å². The Bertz CT molecular complexity index is 652. The smallest absolute Gasteiger partial charge is 0.117 e. The maximum Gasteiger partial charge on any atom is 0.117 e. The lowest BCUT2D eigenvalue weighted by molar-refractivity contribution is -0.0439. The zero-order chi connectivity index (χ0) is 15.5. The fourth-order valence-corrected chi connectivity index (χ4v) is 6.84. The third kappa shape index (κ3) is 1.80. The van der Waals surface area contributed by atoms with Gasteiger partial charge in [0.1, 0.15) is 5.76 Å². The van der Waals surface area contributed by atoms with Crippen LogP contribution in [-0.4, -0.2) is 0 Å². The summed E-state index contributed by atoms with van der Waals surface area (Å²) in [6.07, 6.45) is 20.4. The first kappa shape index (κ1) is 14.1. The maximum absolute atomic E-state index is 5.90. The van der Waals surface area contributed by atoms with Crippen LogP contribution in [-0.2, 0) is 5.41 Å². The highest BCUT2D eigenvalue weighted by Gasteiger charge is 2.56. The molecule has 0 N–H and O–H groups in total. The van der Waals surface area contributed by atoms with Crippen molar-refractivity contribution in [1.82, 2.24) is 0 Å². The first-order valence-electron chi connectivity index (χ1n) is 9.68. The van der Waals surface area contributed by atoms with Gasteiger partial charge in [-0.05, 0) is 79.4 Å². The van der Waals surface area contributed by atoms with Crippen LogP contribution >= 0.6 is 0 Å². The molecule has 0 bridgehead atoms. The van der Waals surface area contributed by atoms with E-state index in [1.54, 1.807) is 5.57 Å². The predicted molar refractivity (Wildman–Crippen MR) is 93.1 cm³/mol. The average molecular weight is 308 g/mol. The summed E-state index contributed by atoms with van der Waals surface area (Å²) < 4.78 is 5.90. The van der Waals surface area contributed by atoms with Crippen LogP contribution in [0.25, 0.3) is 0 Å². The molecular weight excluding hydrogens is 280 g/mol. The maximum atomic E-state index is 5.90. The van der Waals surface area contributed by atoms with Crippen LogP contribution in [0.4, 0.5) is 0 Å². The van der Waals surface area contributed by atoms with Crippen LogP contribution in [0.1, 0.15) is 64.1 Å². The van der Waals surface area contributed by atoms with E-state index in [-0.39, 0.29) is 5.41 Å². The fourth-order valence-electron chi connectivity index (χ4n) is 6.84. The Morgan fingerprint density at radius 2 is 2.04 bits per heavy atom. The van der Waals surface area contributed by atoms with Gasteiger partial charge in [0.25, 0.3) is 0 Å². The number of allylic oxidation sites excluding steroid dienone is 4. The predicted octanol–water partition coefficient (Wildman–Crippen LogP) is 6.03. The SMILES string of the molecule is C[C@]12CCCCC1CC[C@H]1C3=CC=C[C@]3(c3ccco3)CC[C@@H]12. The highest BCUT2D eigenvalue weighted by molar-refractivity contribution is 5.48. The van der Waals surface area contributed by atoms with Gasteiger partial charge in [-0.2, -0.15) is 0 Å². The van der Waals surface area contributed by atoms with Gasteiger partial charge in [0.2, 0.25) is 0 Å². The molecule has 5 rings (SSSR count). The molecule has 0 amide bonds. The van der Waals surface area contributed by atoms with Gasteiger partial charge in [0, 0.05) is 0 Å². The molecule has 1 heterocycles. The fraction of sp³-hybridized carbons (Fsp3) is 0.636. The van der Waals surface area contributed by atoms with Crippen molar-refractivity contribution >= 4 is 0 Å². The summed E-state index contributed by atoms with van der Waals surface area (Å²) in [7, 11) is 0. The summed E-state index contributed by atoms with van der Waals surface area (Å²) in [4.78, 5) is 0. The van der Waals surface area contributed by atoms with Gasteiger partial charge in [-0.1, -0.05) is 38.0 Å². The zero-order valence-electron chi connectivity index (χ0n) is 14.3. The highest BCUT2D eigenvalue weighted by Crippen LogP contribution is 2.64. The van der Waals surface area contributed by atoms with Crippen LogP contribution < -0.4 is 0 Å². The van der Waals surface area contributed by atoms with Crippen molar-refractivity contribution in [2.24, 2.45) is 23.2 Å². The van der Waals surface area contributed by atoms with Gasteiger partial charge in [-0.3, -0.25) is 0 Å². The minimum Gasteiger partial charge on any atom is -0.468 e. The number of hydrogen-bond donors (Lipinski definition) is 0. The van der Waals surface area contributed by atoms with Crippen molar-refractivity contribution in [1.29, 1.82) is 0 Å². The molecule has 122 valence electrons. The number of furan rings is 1. The molecule has 3 fully saturated rings. The van der Waals surface area contributed by atoms with E-state index < -0.39 is 0 Å². The molecule has 1 aromatic heterocycles. The van der Waals surface area contributed by atoms with Crippen LogP contribution in [0.15, 0.2) is 46.6 Å². The van der Waals surface area contributed by atoms with E-state index in [0.717, 1.165) is 17.8 Å². The Morgan fingerprint density at radius 1 is 1.09 bits per heavy atom. The standard InChI is InChI=1S/C22H28O/c1-21-12-3-2-6-16(21)9-10-17-18(21)11-14-22(13-4-7-19(17)22)20-8-5-15-23-20/h4-5,7-8,13,15-18H,2-3,6,9-12,14H2,1H3/t16?,17-,18+,21+,22+/m1/s1. The van der Waals surface area contributed by atoms with Gasteiger partial charge < -0.3 is 4.42 Å². The molecule has 4 aliphatic carbocycles. The van der Waals surface area contributed by atoms with Crippen molar-refractivity contribution in [3.8, 4) is 0 Å². The van der Waals surface area contributed by atoms with Crippen molar-refractivity contribution in [2.75, 3.05) is 0 Å². The molecule has 0 radical (unpaired) electrons. The Labute approximate surface area is 139 Å². The molecule has 1 heteroatoms. The van der Waals surface area contributed by atoms with Crippen molar-refractivity contribution in [2.45, 2.75) is 63.7 Å². The van der Waals surface area contributed by atoms with E-state index in [4.69, 9.17) is 4.42 Å². The zero-order valence-corrected chi connectivity index (χ0v) is 14.3. The van der Waals surface area contributed by atoms with E-state index in [1.807, 2.05) is 6.26 Å². The van der Waals surface area contributed by atoms with Gasteiger partial charge in [0.05, 0.1) is 11.7 Å². The normalized spacial score (nSPS) is 45.1. The number of rotatable bonds is 1. The van der Waals surface area contributed by atoms with E-state index in [1.165, 1.54) is 57.1 Å². The van der Waals surface area contributed by atoms with Crippen LogP contribution in [0.2, 0.25) is 0 Å². The molecule has 3 saturated carbocycles. The quantitative estimate of drug-likeness (QED) is 0.617. The first-order chi connectivity index (χ1) is 11.2. The Kier molecular flexibility index (Phi) is 3.00. The Balaban J connectivity index is 1.54. The molecule has 1 nitrogen and oxygen atoms in total. The molecule has 0 aromatic carbocycles. The largest absolute Gasteiger partial charge is 0.468 e. The van der Waals surface area contributed by atoms with Crippen LogP contribution in [0, 0.1) is 23.2 Å². The lowest BCUT2D eigenvalue weighted by Crippen LogP contribution is -2.50. The van der Waals surface area contributed by atoms with Gasteiger partial charge in [0.15, 0.2) is 0 Å². The topological polar surface area (TPSA) is 13.1 Å². The Morgan fingerprint density at radius 3 is 2.91 bits per heavy atom. The molecule has 1 unspecified atom stereocenters. The van der Waals surface area contributed by atoms with E-state index in [9.17, 15) is 0 Å². The summed E-state index contributed by atoms with van der Waals surface area (Å²) in [5, 5.41) is 0. The minimum atomic E-state index is 0.0858. The van der Waals surface area contributed by atoms with Gasteiger partial charge >= 0.3 is 0 Å². The van der Waals surface area contributed by atoms with Gasteiger partial charge in [-0.15, -0.1) is 0 Å².